The first kappa shape index (κ1) is 10.6. The van der Waals surface area contributed by atoms with E-state index in [1.807, 2.05) is 30.5 Å². The summed E-state index contributed by atoms with van der Waals surface area (Å²) in [7, 11) is 0. The second kappa shape index (κ2) is 4.06. The van der Waals surface area contributed by atoms with Crippen LogP contribution in [0.15, 0.2) is 42.7 Å². The van der Waals surface area contributed by atoms with Crippen molar-refractivity contribution in [1.29, 1.82) is 0 Å². The van der Waals surface area contributed by atoms with E-state index in [0.717, 1.165) is 22.2 Å². The molecular weight excluding hydrogens is 255 g/mol. The second-order valence-electron chi connectivity index (χ2n) is 3.72. The maximum atomic E-state index is 6.22. The average Bonchev–Trinajstić information content (AvgIpc) is 2.77. The minimum Gasteiger partial charge on any atom is -0.346 e. The van der Waals surface area contributed by atoms with Crippen molar-refractivity contribution in [2.75, 3.05) is 0 Å². The minimum atomic E-state index is 0.637. The van der Waals surface area contributed by atoms with Gasteiger partial charge in [-0.15, -0.1) is 0 Å². The largest absolute Gasteiger partial charge is 0.346 e. The molecule has 3 rings (SSSR count). The van der Waals surface area contributed by atoms with Crippen LogP contribution in [-0.4, -0.2) is 9.97 Å². The predicted molar refractivity (Wildman–Crippen MR) is 71.5 cm³/mol. The summed E-state index contributed by atoms with van der Waals surface area (Å²) in [5, 5.41) is 2.33. The number of nitrogens with one attached hydrogen (secondary N) is 1. The third kappa shape index (κ3) is 1.79. The van der Waals surface area contributed by atoms with Crippen molar-refractivity contribution >= 4 is 34.2 Å². The highest BCUT2D eigenvalue weighted by Gasteiger charge is 2.08. The standard InChI is InChI=1S/C13H8Cl2N2/c14-8-1-2-10(12(15)7-8)9-3-5-16-13-11(9)4-6-17-13/h1-7H,(H,16,17). The van der Waals surface area contributed by atoms with Crippen LogP contribution < -0.4 is 0 Å². The van der Waals surface area contributed by atoms with Crippen LogP contribution in [0.2, 0.25) is 10.0 Å². The number of hydrogen-bond acceptors (Lipinski definition) is 1. The summed E-state index contributed by atoms with van der Waals surface area (Å²) < 4.78 is 0. The van der Waals surface area contributed by atoms with Gasteiger partial charge in [0.1, 0.15) is 5.65 Å². The number of aromatic amines is 1. The van der Waals surface area contributed by atoms with Crippen LogP contribution in [0.3, 0.4) is 0 Å². The number of aromatic nitrogens is 2. The molecule has 0 aliphatic heterocycles. The van der Waals surface area contributed by atoms with Gasteiger partial charge in [0.2, 0.25) is 0 Å². The number of pyridine rings is 1. The van der Waals surface area contributed by atoms with E-state index >= 15 is 0 Å². The quantitative estimate of drug-likeness (QED) is 0.686. The highest BCUT2D eigenvalue weighted by Crippen LogP contribution is 2.33. The van der Waals surface area contributed by atoms with Gasteiger partial charge < -0.3 is 4.98 Å². The summed E-state index contributed by atoms with van der Waals surface area (Å²) in [6.45, 7) is 0. The molecule has 1 N–H and O–H groups in total. The predicted octanol–water partition coefficient (Wildman–Crippen LogP) is 4.54. The maximum Gasteiger partial charge on any atom is 0.137 e. The van der Waals surface area contributed by atoms with Gasteiger partial charge in [0.05, 0.1) is 0 Å². The molecule has 0 unspecified atom stereocenters. The molecule has 3 aromatic rings. The zero-order valence-corrected chi connectivity index (χ0v) is 10.3. The highest BCUT2D eigenvalue weighted by molar-refractivity contribution is 6.36. The molecule has 0 saturated heterocycles. The Balaban J connectivity index is 2.30. The lowest BCUT2D eigenvalue weighted by Gasteiger charge is -2.06. The van der Waals surface area contributed by atoms with Crippen LogP contribution in [0.5, 0.6) is 0 Å². The van der Waals surface area contributed by atoms with Crippen molar-refractivity contribution in [2.45, 2.75) is 0 Å². The fourth-order valence-electron chi connectivity index (χ4n) is 1.90. The van der Waals surface area contributed by atoms with Gasteiger partial charge in [-0.1, -0.05) is 29.3 Å². The number of H-pyrrole nitrogens is 1. The summed E-state index contributed by atoms with van der Waals surface area (Å²) >= 11 is 12.1. The van der Waals surface area contributed by atoms with Crippen LogP contribution in [0, 0.1) is 0 Å². The first-order valence-corrected chi connectivity index (χ1v) is 5.89. The number of hydrogen-bond donors (Lipinski definition) is 1. The van der Waals surface area contributed by atoms with Crippen molar-refractivity contribution in [3.05, 3.63) is 52.8 Å². The van der Waals surface area contributed by atoms with Crippen molar-refractivity contribution < 1.29 is 0 Å². The van der Waals surface area contributed by atoms with E-state index in [1.54, 1.807) is 12.3 Å². The van der Waals surface area contributed by atoms with Crippen molar-refractivity contribution in [2.24, 2.45) is 0 Å². The molecule has 0 spiro atoms. The van der Waals surface area contributed by atoms with Gasteiger partial charge in [0.15, 0.2) is 0 Å². The highest BCUT2D eigenvalue weighted by atomic mass is 35.5. The molecule has 0 aliphatic rings. The molecule has 2 heterocycles. The zero-order valence-electron chi connectivity index (χ0n) is 8.74. The Bertz CT molecular complexity index is 689. The van der Waals surface area contributed by atoms with Gasteiger partial charge in [0.25, 0.3) is 0 Å². The van der Waals surface area contributed by atoms with Crippen LogP contribution in [0.1, 0.15) is 0 Å². The molecule has 0 aliphatic carbocycles. The van der Waals surface area contributed by atoms with Gasteiger partial charge in [-0.3, -0.25) is 0 Å². The smallest absolute Gasteiger partial charge is 0.137 e. The summed E-state index contributed by atoms with van der Waals surface area (Å²) in [5.41, 5.74) is 2.87. The number of halogens is 2. The fourth-order valence-corrected chi connectivity index (χ4v) is 2.41. The minimum absolute atomic E-state index is 0.637. The van der Waals surface area contributed by atoms with Gasteiger partial charge in [-0.05, 0) is 29.8 Å². The topological polar surface area (TPSA) is 28.7 Å². The Hall–Kier alpha value is -1.51. The van der Waals surface area contributed by atoms with E-state index in [1.165, 1.54) is 0 Å². The van der Waals surface area contributed by atoms with Gasteiger partial charge >= 0.3 is 0 Å². The monoisotopic (exact) mass is 262 g/mol. The van der Waals surface area contributed by atoms with Crippen LogP contribution in [0.4, 0.5) is 0 Å². The normalized spacial score (nSPS) is 10.9. The van der Waals surface area contributed by atoms with E-state index < -0.39 is 0 Å². The summed E-state index contributed by atoms with van der Waals surface area (Å²) in [5.74, 6) is 0. The van der Waals surface area contributed by atoms with E-state index in [-0.39, 0.29) is 0 Å². The van der Waals surface area contributed by atoms with Gasteiger partial charge in [-0.2, -0.15) is 0 Å². The fraction of sp³-hybridized carbons (Fsp3) is 0. The lowest BCUT2D eigenvalue weighted by molar-refractivity contribution is 1.33. The number of rotatable bonds is 1. The van der Waals surface area contributed by atoms with Crippen molar-refractivity contribution in [3.8, 4) is 11.1 Å². The molecule has 2 aromatic heterocycles. The van der Waals surface area contributed by atoms with E-state index in [4.69, 9.17) is 23.2 Å². The number of nitrogens with zero attached hydrogens (tertiary/aromatic N) is 1. The Labute approximate surface area is 108 Å². The Morgan fingerprint density at radius 1 is 1.00 bits per heavy atom. The second-order valence-corrected chi connectivity index (χ2v) is 4.57. The molecule has 0 bridgehead atoms. The van der Waals surface area contributed by atoms with Crippen molar-refractivity contribution in [1.82, 2.24) is 9.97 Å². The molecule has 0 amide bonds. The number of benzene rings is 1. The van der Waals surface area contributed by atoms with E-state index in [0.29, 0.717) is 10.0 Å². The lowest BCUT2D eigenvalue weighted by Crippen LogP contribution is -1.83. The molecule has 2 nitrogen and oxygen atoms in total. The Morgan fingerprint density at radius 2 is 1.88 bits per heavy atom. The van der Waals surface area contributed by atoms with Gasteiger partial charge in [-0.25, -0.2) is 4.98 Å². The average molecular weight is 263 g/mol. The first-order chi connectivity index (χ1) is 8.25. The third-order valence-electron chi connectivity index (χ3n) is 2.68. The first-order valence-electron chi connectivity index (χ1n) is 5.13. The molecule has 17 heavy (non-hydrogen) atoms. The van der Waals surface area contributed by atoms with E-state index in [2.05, 4.69) is 9.97 Å². The zero-order chi connectivity index (χ0) is 11.8. The molecule has 4 heteroatoms. The third-order valence-corrected chi connectivity index (χ3v) is 3.23. The SMILES string of the molecule is Clc1ccc(-c2ccnc3[nH]ccc23)c(Cl)c1. The number of fused-ring (bicyclic) bond motifs is 1. The summed E-state index contributed by atoms with van der Waals surface area (Å²) in [6, 6.07) is 9.44. The van der Waals surface area contributed by atoms with Crippen molar-refractivity contribution in [3.63, 3.8) is 0 Å². The molecule has 0 radical (unpaired) electrons. The Kier molecular flexibility index (Phi) is 2.54. The van der Waals surface area contributed by atoms with Gasteiger partial charge in [0, 0.05) is 33.4 Å². The summed E-state index contributed by atoms with van der Waals surface area (Å²) in [4.78, 5) is 7.33. The molecule has 1 aromatic carbocycles. The molecule has 0 saturated carbocycles. The Morgan fingerprint density at radius 3 is 2.71 bits per heavy atom. The maximum absolute atomic E-state index is 6.22. The lowest BCUT2D eigenvalue weighted by atomic mass is 10.0. The van der Waals surface area contributed by atoms with E-state index in [9.17, 15) is 0 Å². The molecule has 84 valence electrons. The molecule has 0 fully saturated rings. The van der Waals surface area contributed by atoms with Crippen LogP contribution in [-0.2, 0) is 0 Å². The molecular formula is C13H8Cl2N2. The van der Waals surface area contributed by atoms with Crippen LogP contribution in [0.25, 0.3) is 22.2 Å². The molecule has 0 atom stereocenters. The van der Waals surface area contributed by atoms with Crippen LogP contribution >= 0.6 is 23.2 Å². The summed E-state index contributed by atoms with van der Waals surface area (Å²) in [6.07, 6.45) is 3.63.